The first kappa shape index (κ1) is 21.4. The SMILES string of the molecule is O=C(O)c1c(CN2CCC(Oc3ccc(F)cc3)CC2)oc2nc(-c3ccccc3Cl)nn12. The van der Waals surface area contributed by atoms with Crippen LogP contribution in [0.1, 0.15) is 29.1 Å². The zero-order valence-corrected chi connectivity index (χ0v) is 18.2. The van der Waals surface area contributed by atoms with Gasteiger partial charge in [0.2, 0.25) is 0 Å². The zero-order chi connectivity index (χ0) is 22.9. The fraction of sp³-hybridized carbons (Fsp3) is 0.261. The first-order valence-corrected chi connectivity index (χ1v) is 10.9. The lowest BCUT2D eigenvalue weighted by Gasteiger charge is -2.31. The second kappa shape index (κ2) is 8.84. The molecule has 10 heteroatoms. The average molecular weight is 471 g/mol. The second-order valence-corrected chi connectivity index (χ2v) is 8.24. The molecule has 3 heterocycles. The molecule has 1 saturated heterocycles. The molecule has 170 valence electrons. The molecule has 0 amide bonds. The summed E-state index contributed by atoms with van der Waals surface area (Å²) in [5.74, 6) is -0.116. The predicted octanol–water partition coefficient (Wildman–Crippen LogP) is 4.52. The number of nitrogens with zero attached hydrogens (tertiary/aromatic N) is 4. The molecule has 0 aliphatic carbocycles. The van der Waals surface area contributed by atoms with Gasteiger partial charge < -0.3 is 14.3 Å². The summed E-state index contributed by atoms with van der Waals surface area (Å²) in [6.45, 7) is 1.72. The van der Waals surface area contributed by atoms with Gasteiger partial charge in [-0.2, -0.15) is 9.50 Å². The Morgan fingerprint density at radius 3 is 2.61 bits per heavy atom. The van der Waals surface area contributed by atoms with Crippen molar-refractivity contribution in [1.82, 2.24) is 19.5 Å². The van der Waals surface area contributed by atoms with Gasteiger partial charge in [-0.3, -0.25) is 4.90 Å². The molecule has 0 atom stereocenters. The fourth-order valence-electron chi connectivity index (χ4n) is 3.95. The van der Waals surface area contributed by atoms with E-state index in [0.29, 0.717) is 47.6 Å². The summed E-state index contributed by atoms with van der Waals surface area (Å²) >= 11 is 6.22. The van der Waals surface area contributed by atoms with E-state index in [1.807, 2.05) is 0 Å². The maximum absolute atomic E-state index is 13.1. The summed E-state index contributed by atoms with van der Waals surface area (Å²) in [4.78, 5) is 18.4. The van der Waals surface area contributed by atoms with Crippen LogP contribution in [0.3, 0.4) is 0 Å². The van der Waals surface area contributed by atoms with Crippen LogP contribution >= 0.6 is 11.6 Å². The van der Waals surface area contributed by atoms with Gasteiger partial charge in [-0.15, -0.1) is 5.10 Å². The number of aromatic nitrogens is 3. The number of rotatable bonds is 6. The van der Waals surface area contributed by atoms with E-state index in [9.17, 15) is 14.3 Å². The highest BCUT2D eigenvalue weighted by Crippen LogP contribution is 2.28. The van der Waals surface area contributed by atoms with Crippen LogP contribution < -0.4 is 4.74 Å². The smallest absolute Gasteiger partial charge is 0.358 e. The Balaban J connectivity index is 1.29. The topological polar surface area (TPSA) is 93.1 Å². The molecule has 1 fully saturated rings. The predicted molar refractivity (Wildman–Crippen MR) is 118 cm³/mol. The molecule has 2 aromatic carbocycles. The number of aromatic carboxylic acids is 1. The molecular weight excluding hydrogens is 451 g/mol. The summed E-state index contributed by atoms with van der Waals surface area (Å²) in [5, 5.41) is 14.6. The maximum Gasteiger partial charge on any atom is 0.358 e. The number of benzene rings is 2. The molecular formula is C23H20ClFN4O4. The highest BCUT2D eigenvalue weighted by molar-refractivity contribution is 6.33. The lowest BCUT2D eigenvalue weighted by molar-refractivity contribution is 0.0677. The van der Waals surface area contributed by atoms with E-state index >= 15 is 0 Å². The standard InChI is InChI=1S/C23H20ClFN4O4/c24-18-4-2-1-3-17(18)21-26-23-29(27-21)20(22(30)31)19(33-23)13-28-11-9-16(10-12-28)32-15-7-5-14(25)6-8-15/h1-8,16H,9-13H2,(H,30,31). The van der Waals surface area contributed by atoms with E-state index in [2.05, 4.69) is 15.0 Å². The van der Waals surface area contributed by atoms with Crippen LogP contribution in [-0.4, -0.2) is 49.8 Å². The van der Waals surface area contributed by atoms with Crippen LogP contribution in [0.4, 0.5) is 4.39 Å². The van der Waals surface area contributed by atoms with Crippen molar-refractivity contribution in [3.05, 3.63) is 70.8 Å². The van der Waals surface area contributed by atoms with Crippen molar-refractivity contribution in [1.29, 1.82) is 0 Å². The van der Waals surface area contributed by atoms with Gasteiger partial charge in [0.25, 0.3) is 0 Å². The number of hydrogen-bond donors (Lipinski definition) is 1. The number of fused-ring (bicyclic) bond motifs is 1. The summed E-state index contributed by atoms with van der Waals surface area (Å²) in [5.41, 5.74) is 0.541. The molecule has 8 nitrogen and oxygen atoms in total. The van der Waals surface area contributed by atoms with Crippen LogP contribution in [0.5, 0.6) is 5.75 Å². The fourth-order valence-corrected chi connectivity index (χ4v) is 4.17. The van der Waals surface area contributed by atoms with Crippen molar-refractivity contribution in [2.45, 2.75) is 25.5 Å². The number of carboxylic acids is 1. The normalized spacial score (nSPS) is 15.2. The number of oxazole rings is 1. The van der Waals surface area contributed by atoms with Crippen molar-refractivity contribution in [2.24, 2.45) is 0 Å². The van der Waals surface area contributed by atoms with Crippen LogP contribution in [0.15, 0.2) is 52.9 Å². The van der Waals surface area contributed by atoms with Crippen molar-refractivity contribution >= 4 is 23.4 Å². The van der Waals surface area contributed by atoms with E-state index in [1.165, 1.54) is 16.6 Å². The average Bonchev–Trinajstić information content (AvgIpc) is 3.34. The Labute approximate surface area is 193 Å². The molecule has 1 aliphatic heterocycles. The minimum Gasteiger partial charge on any atom is -0.490 e. The third kappa shape index (κ3) is 4.42. The van der Waals surface area contributed by atoms with Gasteiger partial charge in [0, 0.05) is 18.7 Å². The van der Waals surface area contributed by atoms with E-state index in [4.69, 9.17) is 20.8 Å². The minimum absolute atomic E-state index is 0.0133. The second-order valence-electron chi connectivity index (χ2n) is 7.84. The molecule has 4 aromatic rings. The number of carbonyl (C=O) groups is 1. The van der Waals surface area contributed by atoms with Crippen LogP contribution in [0.2, 0.25) is 5.02 Å². The Morgan fingerprint density at radius 2 is 1.91 bits per heavy atom. The Kier molecular flexibility index (Phi) is 5.74. The van der Waals surface area contributed by atoms with Gasteiger partial charge in [0.1, 0.15) is 17.7 Å². The number of hydrogen-bond acceptors (Lipinski definition) is 6. The number of halogens is 2. The van der Waals surface area contributed by atoms with Crippen LogP contribution in [0.25, 0.3) is 17.2 Å². The quantitative estimate of drug-likeness (QED) is 0.442. The van der Waals surface area contributed by atoms with Gasteiger partial charge in [0.05, 0.1) is 11.6 Å². The number of carboxylic acid groups (broad SMARTS) is 1. The molecule has 33 heavy (non-hydrogen) atoms. The summed E-state index contributed by atoms with van der Waals surface area (Å²) in [7, 11) is 0. The van der Waals surface area contributed by atoms with Crippen molar-refractivity contribution in [3.8, 4) is 17.1 Å². The van der Waals surface area contributed by atoms with Crippen molar-refractivity contribution in [2.75, 3.05) is 13.1 Å². The highest BCUT2D eigenvalue weighted by Gasteiger charge is 2.28. The first-order valence-electron chi connectivity index (χ1n) is 10.5. The van der Waals surface area contributed by atoms with Gasteiger partial charge in [-0.1, -0.05) is 23.7 Å². The molecule has 0 unspecified atom stereocenters. The van der Waals surface area contributed by atoms with Crippen molar-refractivity contribution < 1.29 is 23.4 Å². The van der Waals surface area contributed by atoms with Crippen LogP contribution in [0, 0.1) is 5.82 Å². The lowest BCUT2D eigenvalue weighted by atomic mass is 10.1. The van der Waals surface area contributed by atoms with E-state index in [-0.39, 0.29) is 23.5 Å². The summed E-state index contributed by atoms with van der Waals surface area (Å²) < 4.78 is 26.0. The molecule has 1 aliphatic rings. The minimum atomic E-state index is -1.14. The lowest BCUT2D eigenvalue weighted by Crippen LogP contribution is -2.38. The molecule has 5 rings (SSSR count). The molecule has 0 radical (unpaired) electrons. The van der Waals surface area contributed by atoms with Gasteiger partial charge in [-0.25, -0.2) is 9.18 Å². The maximum atomic E-state index is 13.1. The van der Waals surface area contributed by atoms with Crippen LogP contribution in [-0.2, 0) is 6.54 Å². The van der Waals surface area contributed by atoms with Gasteiger partial charge >= 0.3 is 11.8 Å². The van der Waals surface area contributed by atoms with Gasteiger partial charge in [-0.05, 0) is 49.2 Å². The Bertz CT molecular complexity index is 1300. The zero-order valence-electron chi connectivity index (χ0n) is 17.4. The van der Waals surface area contributed by atoms with Gasteiger partial charge in [0.15, 0.2) is 17.3 Å². The number of likely N-dealkylation sites (tertiary alicyclic amines) is 1. The van der Waals surface area contributed by atoms with E-state index in [0.717, 1.165) is 12.8 Å². The van der Waals surface area contributed by atoms with Crippen molar-refractivity contribution in [3.63, 3.8) is 0 Å². The Hall–Kier alpha value is -3.43. The third-order valence-electron chi connectivity index (χ3n) is 5.60. The molecule has 0 saturated carbocycles. The number of piperidine rings is 1. The first-order chi connectivity index (χ1) is 16.0. The summed E-state index contributed by atoms with van der Waals surface area (Å²) in [6, 6.07) is 13.0. The molecule has 1 N–H and O–H groups in total. The summed E-state index contributed by atoms with van der Waals surface area (Å²) in [6.07, 6.45) is 1.53. The highest BCUT2D eigenvalue weighted by atomic mass is 35.5. The molecule has 2 aromatic heterocycles. The Morgan fingerprint density at radius 1 is 1.18 bits per heavy atom. The number of ether oxygens (including phenoxy) is 1. The molecule has 0 spiro atoms. The monoisotopic (exact) mass is 470 g/mol. The van der Waals surface area contributed by atoms with E-state index in [1.54, 1.807) is 36.4 Å². The van der Waals surface area contributed by atoms with E-state index < -0.39 is 5.97 Å². The largest absolute Gasteiger partial charge is 0.490 e. The third-order valence-corrected chi connectivity index (χ3v) is 5.93. The molecule has 0 bridgehead atoms.